The highest BCUT2D eigenvalue weighted by Crippen LogP contribution is 2.19. The Bertz CT molecular complexity index is 1210. The minimum Gasteiger partial charge on any atom is -0.376 e. The van der Waals surface area contributed by atoms with Crippen molar-refractivity contribution in [2.75, 3.05) is 13.2 Å². The zero-order valence-electron chi connectivity index (χ0n) is 16.3. The van der Waals surface area contributed by atoms with E-state index in [1.54, 1.807) is 24.3 Å². The molecule has 0 aliphatic carbocycles. The van der Waals surface area contributed by atoms with Crippen LogP contribution in [0.15, 0.2) is 40.1 Å². The number of aryl methyl sites for hydroxylation is 1. The van der Waals surface area contributed by atoms with Crippen molar-refractivity contribution in [1.82, 2.24) is 24.4 Å². The maximum absolute atomic E-state index is 12.8. The van der Waals surface area contributed by atoms with Gasteiger partial charge in [-0.15, -0.1) is 0 Å². The van der Waals surface area contributed by atoms with Crippen LogP contribution in [0.25, 0.3) is 22.4 Å². The number of benzene rings is 1. The Hall–Kier alpha value is -3.04. The van der Waals surface area contributed by atoms with Crippen molar-refractivity contribution in [3.63, 3.8) is 0 Å². The van der Waals surface area contributed by atoms with Crippen LogP contribution in [-0.2, 0) is 23.1 Å². The van der Waals surface area contributed by atoms with Crippen molar-refractivity contribution < 1.29 is 9.53 Å². The first kappa shape index (κ1) is 20.2. The van der Waals surface area contributed by atoms with Crippen molar-refractivity contribution in [2.24, 2.45) is 7.05 Å². The van der Waals surface area contributed by atoms with E-state index in [-0.39, 0.29) is 23.7 Å². The van der Waals surface area contributed by atoms with Crippen LogP contribution < -0.4 is 16.6 Å². The lowest BCUT2D eigenvalue weighted by Gasteiger charge is -2.13. The van der Waals surface area contributed by atoms with Gasteiger partial charge in [0.2, 0.25) is 5.91 Å². The van der Waals surface area contributed by atoms with Crippen LogP contribution in [0.2, 0.25) is 5.02 Å². The molecule has 156 valence electrons. The summed E-state index contributed by atoms with van der Waals surface area (Å²) in [6, 6.07) is 6.91. The molecule has 10 heteroatoms. The van der Waals surface area contributed by atoms with Crippen molar-refractivity contribution in [2.45, 2.75) is 25.5 Å². The van der Waals surface area contributed by atoms with E-state index >= 15 is 0 Å². The van der Waals surface area contributed by atoms with E-state index in [9.17, 15) is 14.4 Å². The molecule has 0 radical (unpaired) electrons. The Morgan fingerprint density at radius 2 is 2.07 bits per heavy atom. The van der Waals surface area contributed by atoms with Crippen LogP contribution in [0.5, 0.6) is 0 Å². The van der Waals surface area contributed by atoms with E-state index < -0.39 is 17.2 Å². The van der Waals surface area contributed by atoms with Crippen LogP contribution in [0.3, 0.4) is 0 Å². The zero-order chi connectivity index (χ0) is 21.3. The Morgan fingerprint density at radius 3 is 2.77 bits per heavy atom. The molecule has 30 heavy (non-hydrogen) atoms. The van der Waals surface area contributed by atoms with Crippen LogP contribution >= 0.6 is 11.6 Å². The highest BCUT2D eigenvalue weighted by molar-refractivity contribution is 6.30. The Balaban J connectivity index is 1.64. The third kappa shape index (κ3) is 3.99. The van der Waals surface area contributed by atoms with Crippen LogP contribution in [0.4, 0.5) is 0 Å². The molecule has 1 atom stereocenters. The van der Waals surface area contributed by atoms with Gasteiger partial charge in [0.1, 0.15) is 11.9 Å². The van der Waals surface area contributed by atoms with Crippen LogP contribution in [0, 0.1) is 0 Å². The first-order valence-corrected chi connectivity index (χ1v) is 9.92. The average Bonchev–Trinajstić information content (AvgIpc) is 3.27. The maximum atomic E-state index is 12.8. The topological polar surface area (TPSA) is 108 Å². The summed E-state index contributed by atoms with van der Waals surface area (Å²) in [7, 11) is 1.50. The molecule has 0 saturated carbocycles. The number of halogens is 1. The summed E-state index contributed by atoms with van der Waals surface area (Å²) in [6.45, 7) is 0.658. The molecule has 3 aromatic rings. The lowest BCUT2D eigenvalue weighted by atomic mass is 10.2. The minimum absolute atomic E-state index is 0.0233. The molecule has 1 aromatic carbocycles. The van der Waals surface area contributed by atoms with Crippen LogP contribution in [0.1, 0.15) is 12.8 Å². The normalized spacial score (nSPS) is 16.1. The van der Waals surface area contributed by atoms with Crippen molar-refractivity contribution in [3.8, 4) is 11.4 Å². The third-order valence-corrected chi connectivity index (χ3v) is 5.29. The molecule has 1 N–H and O–H groups in total. The smallest absolute Gasteiger partial charge is 0.332 e. The molecule has 1 amide bonds. The Kier molecular flexibility index (Phi) is 5.65. The summed E-state index contributed by atoms with van der Waals surface area (Å²) in [6.07, 6.45) is 3.19. The summed E-state index contributed by atoms with van der Waals surface area (Å²) < 4.78 is 7.59. The SMILES string of the molecule is Cn1c(=O)n(CC(=O)NC[C@H]2CCCO2)c(=O)c2cnc(-c3ccc(Cl)cc3)nc21. The lowest BCUT2D eigenvalue weighted by molar-refractivity contribution is -0.122. The number of hydrogen-bond acceptors (Lipinski definition) is 6. The number of aromatic nitrogens is 4. The number of fused-ring (bicyclic) bond motifs is 1. The zero-order valence-corrected chi connectivity index (χ0v) is 17.1. The second-order valence-corrected chi connectivity index (χ2v) is 7.55. The molecule has 9 nitrogen and oxygen atoms in total. The fraction of sp³-hybridized carbons (Fsp3) is 0.350. The molecule has 0 bridgehead atoms. The van der Waals surface area contributed by atoms with Gasteiger partial charge < -0.3 is 10.1 Å². The standard InChI is InChI=1S/C20H20ClN5O4/c1-25-18-15(10-23-17(24-18)12-4-6-13(21)7-5-12)19(28)26(20(25)29)11-16(27)22-9-14-3-2-8-30-14/h4-7,10,14H,2-3,8-9,11H2,1H3,(H,22,27)/t14-/m1/s1. The molecular weight excluding hydrogens is 410 g/mol. The fourth-order valence-corrected chi connectivity index (χ4v) is 3.52. The molecule has 4 rings (SSSR count). The lowest BCUT2D eigenvalue weighted by Crippen LogP contribution is -2.44. The second kappa shape index (κ2) is 8.37. The van der Waals surface area contributed by atoms with Gasteiger partial charge in [0, 0.05) is 37.0 Å². The molecule has 3 heterocycles. The van der Waals surface area contributed by atoms with Crippen molar-refractivity contribution in [3.05, 3.63) is 56.3 Å². The van der Waals surface area contributed by atoms with E-state index in [0.717, 1.165) is 17.4 Å². The molecule has 2 aromatic heterocycles. The third-order valence-electron chi connectivity index (χ3n) is 5.03. The van der Waals surface area contributed by atoms with Gasteiger partial charge in [-0.1, -0.05) is 11.6 Å². The molecule has 1 saturated heterocycles. The maximum Gasteiger partial charge on any atom is 0.332 e. The van der Waals surface area contributed by atoms with Gasteiger partial charge in [-0.2, -0.15) is 0 Å². The number of rotatable bonds is 5. The Morgan fingerprint density at radius 1 is 1.30 bits per heavy atom. The van der Waals surface area contributed by atoms with E-state index in [4.69, 9.17) is 16.3 Å². The van der Waals surface area contributed by atoms with Gasteiger partial charge in [-0.05, 0) is 37.1 Å². The van der Waals surface area contributed by atoms with E-state index in [1.807, 2.05) is 0 Å². The van der Waals surface area contributed by atoms with Gasteiger partial charge in [0.05, 0.1) is 6.10 Å². The molecule has 1 fully saturated rings. The summed E-state index contributed by atoms with van der Waals surface area (Å²) in [5.74, 6) is -0.0663. The molecule has 1 aliphatic rings. The first-order chi connectivity index (χ1) is 14.4. The minimum atomic E-state index is -0.625. The number of nitrogens with zero attached hydrogens (tertiary/aromatic N) is 4. The number of amides is 1. The van der Waals surface area contributed by atoms with Gasteiger partial charge in [0.15, 0.2) is 11.5 Å². The Labute approximate surface area is 176 Å². The van der Waals surface area contributed by atoms with Crippen molar-refractivity contribution >= 4 is 28.5 Å². The van der Waals surface area contributed by atoms with E-state index in [0.29, 0.717) is 29.6 Å². The quantitative estimate of drug-likeness (QED) is 0.650. The first-order valence-electron chi connectivity index (χ1n) is 9.55. The number of nitrogens with one attached hydrogen (secondary N) is 1. The highest BCUT2D eigenvalue weighted by Gasteiger charge is 2.19. The predicted octanol–water partition coefficient (Wildman–Crippen LogP) is 1.11. The fourth-order valence-electron chi connectivity index (χ4n) is 3.39. The average molecular weight is 430 g/mol. The monoisotopic (exact) mass is 429 g/mol. The highest BCUT2D eigenvalue weighted by atomic mass is 35.5. The largest absolute Gasteiger partial charge is 0.376 e. The number of carbonyl (C=O) groups is 1. The van der Waals surface area contributed by atoms with Crippen LogP contribution in [-0.4, -0.2) is 44.3 Å². The molecule has 0 spiro atoms. The summed E-state index contributed by atoms with van der Waals surface area (Å²) in [5.41, 5.74) is -0.337. The second-order valence-electron chi connectivity index (χ2n) is 7.11. The predicted molar refractivity (Wildman–Crippen MR) is 111 cm³/mol. The van der Waals surface area contributed by atoms with Gasteiger partial charge in [-0.3, -0.25) is 18.7 Å². The van der Waals surface area contributed by atoms with E-state index in [2.05, 4.69) is 15.3 Å². The molecular formula is C20H20ClN5O4. The number of ether oxygens (including phenoxy) is 1. The number of carbonyl (C=O) groups excluding carboxylic acids is 1. The van der Waals surface area contributed by atoms with Gasteiger partial charge in [0.25, 0.3) is 5.56 Å². The van der Waals surface area contributed by atoms with Gasteiger partial charge >= 0.3 is 5.69 Å². The number of hydrogen-bond donors (Lipinski definition) is 1. The summed E-state index contributed by atoms with van der Waals surface area (Å²) in [4.78, 5) is 46.5. The summed E-state index contributed by atoms with van der Waals surface area (Å²) >= 11 is 5.91. The summed E-state index contributed by atoms with van der Waals surface area (Å²) in [5, 5.41) is 3.45. The van der Waals surface area contributed by atoms with Gasteiger partial charge in [-0.25, -0.2) is 14.8 Å². The molecule has 1 aliphatic heterocycles. The van der Waals surface area contributed by atoms with E-state index in [1.165, 1.54) is 17.8 Å². The molecule has 0 unspecified atom stereocenters. The van der Waals surface area contributed by atoms with Crippen molar-refractivity contribution in [1.29, 1.82) is 0 Å².